The molecule has 1 fully saturated rings. The van der Waals surface area contributed by atoms with Gasteiger partial charge in [-0.3, -0.25) is 0 Å². The van der Waals surface area contributed by atoms with Crippen LogP contribution in [0, 0.1) is 5.41 Å². The van der Waals surface area contributed by atoms with Crippen molar-refractivity contribution in [3.05, 3.63) is 0 Å². The average molecular weight is 261 g/mol. The Bertz CT molecular complexity index is 208. The largest absolute Gasteiger partial charge is 0.396 e. The first-order chi connectivity index (χ1) is 8.13. The first-order valence-corrected chi connectivity index (χ1v) is 7.91. The third-order valence-corrected chi connectivity index (χ3v) is 4.61. The summed E-state index contributed by atoms with van der Waals surface area (Å²) in [4.78, 5) is 2.40. The van der Waals surface area contributed by atoms with Crippen LogP contribution < -0.4 is 0 Å². The molecule has 0 aromatic rings. The van der Waals surface area contributed by atoms with Crippen LogP contribution >= 0.6 is 11.8 Å². The molecule has 0 aromatic heterocycles. The fourth-order valence-corrected chi connectivity index (χ4v) is 2.94. The normalized spacial score (nSPS) is 21.7. The smallest absolute Gasteiger partial charge is 0.0501 e. The zero-order chi connectivity index (χ0) is 12.7. The fourth-order valence-electron chi connectivity index (χ4n) is 2.36. The Kier molecular flexibility index (Phi) is 6.85. The Morgan fingerprint density at radius 3 is 2.59 bits per heavy atom. The van der Waals surface area contributed by atoms with Crippen molar-refractivity contribution in [1.82, 2.24) is 4.90 Å². The van der Waals surface area contributed by atoms with E-state index in [-0.39, 0.29) is 12.0 Å². The topological polar surface area (TPSA) is 32.7 Å². The summed E-state index contributed by atoms with van der Waals surface area (Å²) in [7, 11) is 2.18. The number of aliphatic hydroxyl groups excluding tert-OH is 1. The number of thioether (sulfide) groups is 1. The monoisotopic (exact) mass is 261 g/mol. The molecule has 0 aromatic carbocycles. The number of hydrogen-bond acceptors (Lipinski definition) is 4. The molecule has 4 heteroatoms. The van der Waals surface area contributed by atoms with Crippen molar-refractivity contribution in [1.29, 1.82) is 0 Å². The molecule has 1 heterocycles. The van der Waals surface area contributed by atoms with Gasteiger partial charge in [-0.15, -0.1) is 0 Å². The second-order valence-electron chi connectivity index (χ2n) is 5.32. The highest BCUT2D eigenvalue weighted by Crippen LogP contribution is 2.31. The van der Waals surface area contributed by atoms with Crippen molar-refractivity contribution in [2.45, 2.75) is 32.2 Å². The summed E-state index contributed by atoms with van der Waals surface area (Å²) in [6.07, 6.45) is 5.35. The van der Waals surface area contributed by atoms with E-state index in [9.17, 15) is 5.11 Å². The quantitative estimate of drug-likeness (QED) is 0.758. The third-order valence-electron chi connectivity index (χ3n) is 3.97. The lowest BCUT2D eigenvalue weighted by molar-refractivity contribution is -0.0354. The summed E-state index contributed by atoms with van der Waals surface area (Å²) in [5, 5.41) is 9.66. The molecule has 1 atom stereocenters. The van der Waals surface area contributed by atoms with E-state index in [0.717, 1.165) is 32.6 Å². The van der Waals surface area contributed by atoms with Crippen LogP contribution in [0.25, 0.3) is 0 Å². The van der Waals surface area contributed by atoms with Crippen LogP contribution in [0.1, 0.15) is 26.2 Å². The van der Waals surface area contributed by atoms with Gasteiger partial charge in [0, 0.05) is 31.2 Å². The minimum absolute atomic E-state index is 0.0701. The molecule has 1 aliphatic rings. The van der Waals surface area contributed by atoms with Crippen molar-refractivity contribution in [3.8, 4) is 0 Å². The minimum atomic E-state index is 0.0701. The lowest BCUT2D eigenvalue weighted by atomic mass is 9.80. The Morgan fingerprint density at radius 1 is 1.41 bits per heavy atom. The molecule has 0 saturated carbocycles. The van der Waals surface area contributed by atoms with Gasteiger partial charge in [-0.1, -0.05) is 0 Å². The number of nitrogens with zero attached hydrogens (tertiary/aromatic N) is 1. The molecule has 3 nitrogen and oxygen atoms in total. The van der Waals surface area contributed by atoms with Crippen molar-refractivity contribution in [2.24, 2.45) is 5.41 Å². The van der Waals surface area contributed by atoms with Gasteiger partial charge in [-0.05, 0) is 45.2 Å². The van der Waals surface area contributed by atoms with Gasteiger partial charge in [-0.25, -0.2) is 0 Å². The molecule has 0 bridgehead atoms. The highest BCUT2D eigenvalue weighted by atomic mass is 32.2. The van der Waals surface area contributed by atoms with Crippen molar-refractivity contribution >= 4 is 11.8 Å². The average Bonchev–Trinajstić information content (AvgIpc) is 2.36. The second-order valence-corrected chi connectivity index (χ2v) is 6.30. The summed E-state index contributed by atoms with van der Waals surface area (Å²) in [5.41, 5.74) is 0.0701. The van der Waals surface area contributed by atoms with Gasteiger partial charge in [0.1, 0.15) is 0 Å². The molecule has 1 rings (SSSR count). The molecule has 1 saturated heterocycles. The van der Waals surface area contributed by atoms with Crippen molar-refractivity contribution in [3.63, 3.8) is 0 Å². The third kappa shape index (κ3) is 4.78. The van der Waals surface area contributed by atoms with E-state index < -0.39 is 0 Å². The van der Waals surface area contributed by atoms with Crippen molar-refractivity contribution in [2.75, 3.05) is 45.4 Å². The molecule has 1 N–H and O–H groups in total. The second kappa shape index (κ2) is 7.62. The molecule has 17 heavy (non-hydrogen) atoms. The number of aliphatic hydroxyl groups is 1. The van der Waals surface area contributed by atoms with E-state index >= 15 is 0 Å². The van der Waals surface area contributed by atoms with Crippen LogP contribution in [0.2, 0.25) is 0 Å². The molecular weight excluding hydrogens is 234 g/mol. The van der Waals surface area contributed by atoms with Crippen LogP contribution in [-0.4, -0.2) is 61.5 Å². The molecule has 0 radical (unpaired) electrons. The zero-order valence-electron chi connectivity index (χ0n) is 11.4. The summed E-state index contributed by atoms with van der Waals surface area (Å²) in [5.74, 6) is 1.21. The van der Waals surface area contributed by atoms with E-state index in [2.05, 4.69) is 25.1 Å². The predicted molar refractivity (Wildman–Crippen MR) is 74.7 cm³/mol. The van der Waals surface area contributed by atoms with E-state index in [1.807, 2.05) is 11.8 Å². The van der Waals surface area contributed by atoms with Gasteiger partial charge in [0.2, 0.25) is 0 Å². The highest BCUT2D eigenvalue weighted by Gasteiger charge is 2.33. The van der Waals surface area contributed by atoms with Crippen LogP contribution in [0.4, 0.5) is 0 Å². The lowest BCUT2D eigenvalue weighted by Crippen LogP contribution is -2.45. The SMILES string of the molecule is CSCCC(C)N(C)CC1(CO)CCOCC1. The standard InChI is InChI=1S/C13H27NO2S/c1-12(4-9-17-3)14(2)10-13(11-15)5-7-16-8-6-13/h12,15H,4-11H2,1-3H3. The molecular formula is C13H27NO2S. The molecule has 0 spiro atoms. The van der Waals surface area contributed by atoms with E-state index in [0.29, 0.717) is 6.04 Å². The molecule has 1 unspecified atom stereocenters. The van der Waals surface area contributed by atoms with Crippen LogP contribution in [0.15, 0.2) is 0 Å². The maximum atomic E-state index is 9.66. The predicted octanol–water partition coefficient (Wildman–Crippen LogP) is 1.85. The maximum Gasteiger partial charge on any atom is 0.0501 e. The van der Waals surface area contributed by atoms with Crippen LogP contribution in [-0.2, 0) is 4.74 Å². The molecule has 0 aliphatic carbocycles. The van der Waals surface area contributed by atoms with Gasteiger partial charge in [-0.2, -0.15) is 11.8 Å². The van der Waals surface area contributed by atoms with Crippen LogP contribution in [0.3, 0.4) is 0 Å². The molecule has 102 valence electrons. The Balaban J connectivity index is 2.43. The first-order valence-electron chi connectivity index (χ1n) is 6.51. The highest BCUT2D eigenvalue weighted by molar-refractivity contribution is 7.98. The zero-order valence-corrected chi connectivity index (χ0v) is 12.3. The molecule has 0 amide bonds. The van der Waals surface area contributed by atoms with E-state index in [1.165, 1.54) is 12.2 Å². The number of ether oxygens (including phenoxy) is 1. The van der Waals surface area contributed by atoms with Gasteiger partial charge in [0.05, 0.1) is 6.61 Å². The summed E-state index contributed by atoms with van der Waals surface area (Å²) < 4.78 is 5.40. The Labute approximate surface area is 110 Å². The summed E-state index contributed by atoms with van der Waals surface area (Å²) in [6.45, 7) is 5.15. The fraction of sp³-hybridized carbons (Fsp3) is 1.00. The van der Waals surface area contributed by atoms with Crippen molar-refractivity contribution < 1.29 is 9.84 Å². The lowest BCUT2D eigenvalue weighted by Gasteiger charge is -2.40. The number of hydrogen-bond donors (Lipinski definition) is 1. The number of rotatable bonds is 7. The van der Waals surface area contributed by atoms with Gasteiger partial charge in [0.15, 0.2) is 0 Å². The van der Waals surface area contributed by atoms with Crippen LogP contribution in [0.5, 0.6) is 0 Å². The van der Waals surface area contributed by atoms with Gasteiger partial charge < -0.3 is 14.7 Å². The first kappa shape index (κ1) is 15.3. The summed E-state index contributed by atoms with van der Waals surface area (Å²) >= 11 is 1.90. The Morgan fingerprint density at radius 2 is 2.06 bits per heavy atom. The van der Waals surface area contributed by atoms with E-state index in [1.54, 1.807) is 0 Å². The van der Waals surface area contributed by atoms with Gasteiger partial charge in [0.25, 0.3) is 0 Å². The summed E-state index contributed by atoms with van der Waals surface area (Å²) in [6, 6.07) is 0.591. The minimum Gasteiger partial charge on any atom is -0.396 e. The Hall–Kier alpha value is 0.230. The van der Waals surface area contributed by atoms with E-state index in [4.69, 9.17) is 4.74 Å². The van der Waals surface area contributed by atoms with Gasteiger partial charge >= 0.3 is 0 Å². The maximum absolute atomic E-state index is 9.66. The molecule has 1 aliphatic heterocycles.